The van der Waals surface area contributed by atoms with Gasteiger partial charge in [-0.25, -0.2) is 13.2 Å². The average molecular weight is 247 g/mol. The van der Waals surface area contributed by atoms with Gasteiger partial charge in [-0.05, 0) is 20.9 Å². The first kappa shape index (κ1) is 14.0. The highest BCUT2D eigenvalue weighted by Gasteiger charge is 2.20. The number of likely N-dealkylation sites (N-methyl/N-ethyl adjacent to an activating group) is 1. The third-order valence-electron chi connectivity index (χ3n) is 2.34. The third kappa shape index (κ3) is 3.71. The van der Waals surface area contributed by atoms with E-state index in [1.807, 2.05) is 13.8 Å². The second kappa shape index (κ2) is 6.02. The number of rotatable bonds is 5. The summed E-state index contributed by atoms with van der Waals surface area (Å²) in [4.78, 5) is 0. The van der Waals surface area contributed by atoms with Crippen LogP contribution < -0.4 is 5.32 Å². The molecule has 5 heteroatoms. The second-order valence-electron chi connectivity index (χ2n) is 4.01. The lowest BCUT2D eigenvalue weighted by Gasteiger charge is -2.19. The summed E-state index contributed by atoms with van der Waals surface area (Å²) in [5, 5.41) is 2.75. The molecule has 17 heavy (non-hydrogen) atoms. The lowest BCUT2D eigenvalue weighted by molar-refractivity contribution is 0.0611. The fourth-order valence-corrected chi connectivity index (χ4v) is 1.49. The van der Waals surface area contributed by atoms with E-state index in [1.54, 1.807) is 7.05 Å². The average Bonchev–Trinajstić information content (AvgIpc) is 2.21. The van der Waals surface area contributed by atoms with Crippen molar-refractivity contribution in [2.45, 2.75) is 26.0 Å². The SMILES string of the molecule is CNC(COC(C)C)c1c(F)cc(F)cc1F. The number of hydrogen-bond donors (Lipinski definition) is 1. The van der Waals surface area contributed by atoms with E-state index in [1.165, 1.54) is 0 Å². The Labute approximate surface area is 98.8 Å². The predicted octanol–water partition coefficient (Wildman–Crippen LogP) is 2.79. The summed E-state index contributed by atoms with van der Waals surface area (Å²) in [6, 6.07) is 0.689. The van der Waals surface area contributed by atoms with E-state index in [0.717, 1.165) is 0 Å². The maximum Gasteiger partial charge on any atom is 0.133 e. The number of hydrogen-bond acceptors (Lipinski definition) is 2. The van der Waals surface area contributed by atoms with Crippen molar-refractivity contribution < 1.29 is 17.9 Å². The Morgan fingerprint density at radius 2 is 1.71 bits per heavy atom. The largest absolute Gasteiger partial charge is 0.377 e. The number of nitrogens with one attached hydrogen (secondary N) is 1. The van der Waals surface area contributed by atoms with Gasteiger partial charge in [-0.1, -0.05) is 0 Å². The summed E-state index contributed by atoms with van der Waals surface area (Å²) in [7, 11) is 1.57. The van der Waals surface area contributed by atoms with E-state index in [4.69, 9.17) is 4.74 Å². The van der Waals surface area contributed by atoms with Crippen LogP contribution in [0.25, 0.3) is 0 Å². The zero-order valence-electron chi connectivity index (χ0n) is 10.1. The molecule has 0 aliphatic rings. The molecule has 0 heterocycles. The van der Waals surface area contributed by atoms with Crippen molar-refractivity contribution in [3.05, 3.63) is 35.1 Å². The molecule has 96 valence electrons. The molecule has 0 spiro atoms. The predicted molar refractivity (Wildman–Crippen MR) is 59.2 cm³/mol. The molecule has 0 fully saturated rings. The summed E-state index contributed by atoms with van der Waals surface area (Å²) >= 11 is 0. The molecule has 0 amide bonds. The van der Waals surface area contributed by atoms with Gasteiger partial charge in [0, 0.05) is 17.7 Å². The van der Waals surface area contributed by atoms with Crippen molar-refractivity contribution in [3.63, 3.8) is 0 Å². The highest BCUT2D eigenvalue weighted by Crippen LogP contribution is 2.22. The van der Waals surface area contributed by atoms with E-state index < -0.39 is 23.5 Å². The Kier molecular flexibility index (Phi) is 4.96. The van der Waals surface area contributed by atoms with Crippen LogP contribution in [0.1, 0.15) is 25.5 Å². The summed E-state index contributed by atoms with van der Waals surface area (Å²) < 4.78 is 45.1. The van der Waals surface area contributed by atoms with Crippen molar-refractivity contribution >= 4 is 0 Å². The Morgan fingerprint density at radius 3 is 2.12 bits per heavy atom. The molecule has 1 N–H and O–H groups in total. The van der Waals surface area contributed by atoms with Crippen LogP contribution in [0, 0.1) is 17.5 Å². The lowest BCUT2D eigenvalue weighted by atomic mass is 10.1. The molecule has 0 saturated heterocycles. The fourth-order valence-electron chi connectivity index (χ4n) is 1.49. The van der Waals surface area contributed by atoms with Crippen LogP contribution >= 0.6 is 0 Å². The van der Waals surface area contributed by atoms with Crippen LogP contribution in [0.5, 0.6) is 0 Å². The maximum absolute atomic E-state index is 13.5. The highest BCUT2D eigenvalue weighted by molar-refractivity contribution is 5.24. The van der Waals surface area contributed by atoms with E-state index in [2.05, 4.69) is 5.32 Å². The first-order chi connectivity index (χ1) is 7.95. The first-order valence-corrected chi connectivity index (χ1v) is 5.39. The van der Waals surface area contributed by atoms with Gasteiger partial charge in [-0.3, -0.25) is 0 Å². The third-order valence-corrected chi connectivity index (χ3v) is 2.34. The molecule has 0 aromatic heterocycles. The molecular formula is C12H16F3NO. The van der Waals surface area contributed by atoms with Gasteiger partial charge in [0.1, 0.15) is 17.5 Å². The molecule has 1 atom stereocenters. The number of halogens is 3. The van der Waals surface area contributed by atoms with Crippen LogP contribution in [0.3, 0.4) is 0 Å². The van der Waals surface area contributed by atoms with Crippen molar-refractivity contribution in [2.75, 3.05) is 13.7 Å². The zero-order valence-corrected chi connectivity index (χ0v) is 10.1. The quantitative estimate of drug-likeness (QED) is 0.863. The van der Waals surface area contributed by atoms with Gasteiger partial charge in [0.2, 0.25) is 0 Å². The molecule has 1 rings (SSSR count). The molecule has 0 radical (unpaired) electrons. The van der Waals surface area contributed by atoms with Crippen LogP contribution in [0.2, 0.25) is 0 Å². The standard InChI is InChI=1S/C12H16F3NO/c1-7(2)17-6-11(16-3)12-9(14)4-8(13)5-10(12)15/h4-5,7,11,16H,6H2,1-3H3. The summed E-state index contributed by atoms with van der Waals surface area (Å²) in [5.41, 5.74) is -0.199. The van der Waals surface area contributed by atoms with Gasteiger partial charge in [0.05, 0.1) is 18.8 Å². The molecule has 0 aliphatic heterocycles. The zero-order chi connectivity index (χ0) is 13.0. The minimum Gasteiger partial charge on any atom is -0.377 e. The van der Waals surface area contributed by atoms with E-state index in [-0.39, 0.29) is 18.3 Å². The van der Waals surface area contributed by atoms with Crippen molar-refractivity contribution in [1.82, 2.24) is 5.32 Å². The molecule has 0 saturated carbocycles. The van der Waals surface area contributed by atoms with Gasteiger partial charge >= 0.3 is 0 Å². The number of ether oxygens (including phenoxy) is 1. The monoisotopic (exact) mass is 247 g/mol. The Hall–Kier alpha value is -1.07. The van der Waals surface area contributed by atoms with Gasteiger partial charge in [0.15, 0.2) is 0 Å². The van der Waals surface area contributed by atoms with Crippen molar-refractivity contribution in [2.24, 2.45) is 0 Å². The smallest absolute Gasteiger partial charge is 0.133 e. The molecule has 0 aliphatic carbocycles. The van der Waals surface area contributed by atoms with Crippen LogP contribution in [-0.2, 0) is 4.74 Å². The molecular weight excluding hydrogens is 231 g/mol. The van der Waals surface area contributed by atoms with Gasteiger partial charge in [-0.2, -0.15) is 0 Å². The Morgan fingerprint density at radius 1 is 1.18 bits per heavy atom. The second-order valence-corrected chi connectivity index (χ2v) is 4.01. The van der Waals surface area contributed by atoms with E-state index >= 15 is 0 Å². The van der Waals surface area contributed by atoms with Crippen molar-refractivity contribution in [3.8, 4) is 0 Å². The van der Waals surface area contributed by atoms with Crippen LogP contribution in [-0.4, -0.2) is 19.8 Å². The minimum absolute atomic E-state index is 0.0441. The molecule has 1 aromatic rings. The Bertz CT molecular complexity index is 359. The lowest BCUT2D eigenvalue weighted by Crippen LogP contribution is -2.25. The number of benzene rings is 1. The summed E-state index contributed by atoms with van der Waals surface area (Å²) in [5.74, 6) is -2.74. The highest BCUT2D eigenvalue weighted by atomic mass is 19.1. The minimum atomic E-state index is -0.927. The topological polar surface area (TPSA) is 21.3 Å². The molecule has 1 unspecified atom stereocenters. The van der Waals surface area contributed by atoms with Gasteiger partial charge < -0.3 is 10.1 Å². The molecule has 0 bridgehead atoms. The molecule has 2 nitrogen and oxygen atoms in total. The van der Waals surface area contributed by atoms with Gasteiger partial charge in [0.25, 0.3) is 0 Å². The fraction of sp³-hybridized carbons (Fsp3) is 0.500. The Balaban J connectivity index is 2.95. The van der Waals surface area contributed by atoms with E-state index in [9.17, 15) is 13.2 Å². The van der Waals surface area contributed by atoms with Crippen LogP contribution in [0.4, 0.5) is 13.2 Å². The first-order valence-electron chi connectivity index (χ1n) is 5.39. The summed E-state index contributed by atoms with van der Waals surface area (Å²) in [6.07, 6.45) is -0.0441. The van der Waals surface area contributed by atoms with Crippen molar-refractivity contribution in [1.29, 1.82) is 0 Å². The van der Waals surface area contributed by atoms with E-state index in [0.29, 0.717) is 12.1 Å². The maximum atomic E-state index is 13.5. The summed E-state index contributed by atoms with van der Waals surface area (Å²) in [6.45, 7) is 3.77. The molecule has 1 aromatic carbocycles. The van der Waals surface area contributed by atoms with Crippen LogP contribution in [0.15, 0.2) is 12.1 Å². The normalized spacial score (nSPS) is 13.1. The van der Waals surface area contributed by atoms with Gasteiger partial charge in [-0.15, -0.1) is 0 Å².